The number of H-pyrrole nitrogens is 1. The number of methoxy groups -OCH3 is 1. The van der Waals surface area contributed by atoms with Gasteiger partial charge in [-0.1, -0.05) is 0 Å². The Labute approximate surface area is 95.6 Å². The van der Waals surface area contributed by atoms with E-state index in [9.17, 15) is 9.18 Å². The van der Waals surface area contributed by atoms with Gasteiger partial charge in [0.05, 0.1) is 12.7 Å². The SMILES string of the molecule is COc1ccc(F)c(-c2n[nH]c(C(N)=O)n2)c1. The van der Waals surface area contributed by atoms with Crippen molar-refractivity contribution in [3.05, 3.63) is 29.8 Å². The normalized spacial score (nSPS) is 10.2. The van der Waals surface area contributed by atoms with Crippen molar-refractivity contribution in [3.8, 4) is 17.1 Å². The Morgan fingerprint density at radius 2 is 2.29 bits per heavy atom. The highest BCUT2D eigenvalue weighted by atomic mass is 19.1. The molecule has 0 fully saturated rings. The van der Waals surface area contributed by atoms with E-state index < -0.39 is 11.7 Å². The molecule has 0 aliphatic rings. The molecule has 0 atom stereocenters. The van der Waals surface area contributed by atoms with Crippen LogP contribution in [0.15, 0.2) is 18.2 Å². The number of amides is 1. The summed E-state index contributed by atoms with van der Waals surface area (Å²) in [5, 5.41) is 6.04. The van der Waals surface area contributed by atoms with Crippen LogP contribution in [0.5, 0.6) is 5.75 Å². The van der Waals surface area contributed by atoms with Crippen molar-refractivity contribution < 1.29 is 13.9 Å². The van der Waals surface area contributed by atoms with Gasteiger partial charge in [0, 0.05) is 0 Å². The molecule has 0 saturated heterocycles. The second kappa shape index (κ2) is 4.20. The fourth-order valence-corrected chi connectivity index (χ4v) is 1.30. The molecule has 0 radical (unpaired) electrons. The van der Waals surface area contributed by atoms with E-state index in [4.69, 9.17) is 10.5 Å². The number of halogens is 1. The summed E-state index contributed by atoms with van der Waals surface area (Å²) < 4.78 is 18.5. The number of aromatic nitrogens is 3. The molecule has 0 aliphatic heterocycles. The van der Waals surface area contributed by atoms with Gasteiger partial charge in [0.15, 0.2) is 5.82 Å². The van der Waals surface area contributed by atoms with E-state index in [-0.39, 0.29) is 17.2 Å². The first-order valence-corrected chi connectivity index (χ1v) is 4.68. The average molecular weight is 236 g/mol. The molecule has 0 bridgehead atoms. The van der Waals surface area contributed by atoms with Gasteiger partial charge in [0.1, 0.15) is 11.6 Å². The molecule has 17 heavy (non-hydrogen) atoms. The van der Waals surface area contributed by atoms with Gasteiger partial charge in [-0.25, -0.2) is 9.37 Å². The van der Waals surface area contributed by atoms with Crippen LogP contribution in [0.25, 0.3) is 11.4 Å². The van der Waals surface area contributed by atoms with Crippen LogP contribution >= 0.6 is 0 Å². The number of aromatic amines is 1. The van der Waals surface area contributed by atoms with Crippen molar-refractivity contribution >= 4 is 5.91 Å². The zero-order valence-electron chi connectivity index (χ0n) is 8.90. The van der Waals surface area contributed by atoms with Crippen molar-refractivity contribution in [2.24, 2.45) is 5.73 Å². The Morgan fingerprint density at radius 1 is 1.53 bits per heavy atom. The first-order valence-electron chi connectivity index (χ1n) is 4.68. The number of hydrogen-bond donors (Lipinski definition) is 2. The quantitative estimate of drug-likeness (QED) is 0.820. The van der Waals surface area contributed by atoms with Crippen LogP contribution in [-0.4, -0.2) is 28.2 Å². The monoisotopic (exact) mass is 236 g/mol. The molecule has 0 aliphatic carbocycles. The fourth-order valence-electron chi connectivity index (χ4n) is 1.30. The molecule has 2 aromatic rings. The Balaban J connectivity index is 2.47. The molecule has 7 heteroatoms. The van der Waals surface area contributed by atoms with Crippen LogP contribution in [0.1, 0.15) is 10.6 Å². The van der Waals surface area contributed by atoms with Crippen LogP contribution in [0.3, 0.4) is 0 Å². The summed E-state index contributed by atoms with van der Waals surface area (Å²) in [6.45, 7) is 0. The molecular weight excluding hydrogens is 227 g/mol. The highest BCUT2D eigenvalue weighted by molar-refractivity contribution is 5.89. The van der Waals surface area contributed by atoms with Crippen LogP contribution in [0, 0.1) is 5.82 Å². The molecule has 3 N–H and O–H groups in total. The van der Waals surface area contributed by atoms with E-state index in [1.807, 2.05) is 0 Å². The lowest BCUT2D eigenvalue weighted by molar-refractivity contribution is 0.0991. The number of rotatable bonds is 3. The first kappa shape index (κ1) is 11.1. The van der Waals surface area contributed by atoms with Crippen molar-refractivity contribution in [3.63, 3.8) is 0 Å². The van der Waals surface area contributed by atoms with Gasteiger partial charge in [-0.05, 0) is 18.2 Å². The van der Waals surface area contributed by atoms with E-state index in [1.165, 1.54) is 25.3 Å². The van der Waals surface area contributed by atoms with E-state index in [0.717, 1.165) is 0 Å². The maximum Gasteiger partial charge on any atom is 0.286 e. The summed E-state index contributed by atoms with van der Waals surface area (Å²) in [7, 11) is 1.46. The number of nitrogens with zero attached hydrogens (tertiary/aromatic N) is 2. The van der Waals surface area contributed by atoms with Gasteiger partial charge >= 0.3 is 0 Å². The lowest BCUT2D eigenvalue weighted by Crippen LogP contribution is -2.12. The number of ether oxygens (including phenoxy) is 1. The molecule has 0 unspecified atom stereocenters. The number of primary amides is 1. The van der Waals surface area contributed by atoms with Crippen molar-refractivity contribution in [2.75, 3.05) is 7.11 Å². The second-order valence-electron chi connectivity index (χ2n) is 3.22. The lowest BCUT2D eigenvalue weighted by atomic mass is 10.2. The number of carbonyl (C=O) groups is 1. The topological polar surface area (TPSA) is 93.9 Å². The van der Waals surface area contributed by atoms with Gasteiger partial charge in [0.25, 0.3) is 5.91 Å². The molecule has 1 amide bonds. The van der Waals surface area contributed by atoms with Gasteiger partial charge in [-0.3, -0.25) is 9.89 Å². The Morgan fingerprint density at radius 3 is 2.88 bits per heavy atom. The standard InChI is InChI=1S/C10H9FN4O2/c1-17-5-2-3-7(11)6(4-5)9-13-10(8(12)16)15-14-9/h2-4H,1H3,(H2,12,16)(H,13,14,15). The maximum absolute atomic E-state index is 13.5. The predicted molar refractivity (Wildman–Crippen MR) is 56.8 cm³/mol. The van der Waals surface area contributed by atoms with Crippen LogP contribution in [0.4, 0.5) is 4.39 Å². The van der Waals surface area contributed by atoms with Gasteiger partial charge in [0.2, 0.25) is 5.82 Å². The highest BCUT2D eigenvalue weighted by Gasteiger charge is 2.14. The number of carbonyl (C=O) groups excluding carboxylic acids is 1. The zero-order valence-corrected chi connectivity index (χ0v) is 8.90. The van der Waals surface area contributed by atoms with Crippen molar-refractivity contribution in [1.29, 1.82) is 0 Å². The fraction of sp³-hybridized carbons (Fsp3) is 0.100. The minimum Gasteiger partial charge on any atom is -0.497 e. The maximum atomic E-state index is 13.5. The summed E-state index contributed by atoms with van der Waals surface area (Å²) >= 11 is 0. The molecule has 1 heterocycles. The summed E-state index contributed by atoms with van der Waals surface area (Å²) in [6, 6.07) is 4.14. The third-order valence-corrected chi connectivity index (χ3v) is 2.13. The molecule has 6 nitrogen and oxygen atoms in total. The van der Waals surface area contributed by atoms with E-state index in [2.05, 4.69) is 15.2 Å². The third kappa shape index (κ3) is 2.07. The second-order valence-corrected chi connectivity index (χ2v) is 3.22. The molecular formula is C10H9FN4O2. The smallest absolute Gasteiger partial charge is 0.286 e. The Hall–Kier alpha value is -2.44. The summed E-state index contributed by atoms with van der Waals surface area (Å²) in [6.07, 6.45) is 0. The zero-order chi connectivity index (χ0) is 12.4. The summed E-state index contributed by atoms with van der Waals surface area (Å²) in [5.74, 6) is -0.878. The minimum atomic E-state index is -0.757. The van der Waals surface area contributed by atoms with Crippen LogP contribution < -0.4 is 10.5 Å². The number of benzene rings is 1. The number of nitrogens with one attached hydrogen (secondary N) is 1. The summed E-state index contributed by atoms with van der Waals surface area (Å²) in [5.41, 5.74) is 5.14. The molecule has 2 rings (SSSR count). The molecule has 1 aromatic heterocycles. The largest absolute Gasteiger partial charge is 0.497 e. The lowest BCUT2D eigenvalue weighted by Gasteiger charge is -2.02. The highest BCUT2D eigenvalue weighted by Crippen LogP contribution is 2.24. The van der Waals surface area contributed by atoms with Crippen LogP contribution in [-0.2, 0) is 0 Å². The Kier molecular flexibility index (Phi) is 2.73. The third-order valence-electron chi connectivity index (χ3n) is 2.13. The van der Waals surface area contributed by atoms with E-state index in [1.54, 1.807) is 0 Å². The van der Waals surface area contributed by atoms with Gasteiger partial charge in [-0.15, -0.1) is 0 Å². The molecule has 0 saturated carbocycles. The number of hydrogen-bond acceptors (Lipinski definition) is 4. The van der Waals surface area contributed by atoms with Crippen molar-refractivity contribution in [1.82, 2.24) is 15.2 Å². The van der Waals surface area contributed by atoms with Crippen LogP contribution in [0.2, 0.25) is 0 Å². The first-order chi connectivity index (χ1) is 8.11. The minimum absolute atomic E-state index is 0.0511. The van der Waals surface area contributed by atoms with Gasteiger partial charge in [-0.2, -0.15) is 5.10 Å². The van der Waals surface area contributed by atoms with Crippen molar-refractivity contribution in [2.45, 2.75) is 0 Å². The van der Waals surface area contributed by atoms with E-state index >= 15 is 0 Å². The van der Waals surface area contributed by atoms with Gasteiger partial charge < -0.3 is 10.5 Å². The number of nitrogens with two attached hydrogens (primary N) is 1. The predicted octanol–water partition coefficient (Wildman–Crippen LogP) is 0.718. The average Bonchev–Trinajstić information content (AvgIpc) is 2.79. The molecule has 1 aromatic carbocycles. The summed E-state index contributed by atoms with van der Waals surface area (Å²) in [4.78, 5) is 14.6. The Bertz CT molecular complexity index is 567. The van der Waals surface area contributed by atoms with E-state index in [0.29, 0.717) is 5.75 Å². The molecule has 0 spiro atoms. The molecule has 88 valence electrons.